The van der Waals surface area contributed by atoms with Gasteiger partial charge in [-0.25, -0.2) is 17.2 Å². The number of carbonyl (C=O) groups excluding carboxylic acids is 1. The van der Waals surface area contributed by atoms with Crippen molar-refractivity contribution in [2.75, 3.05) is 6.61 Å². The van der Waals surface area contributed by atoms with Gasteiger partial charge in [0.2, 0.25) is 0 Å². The van der Waals surface area contributed by atoms with Gasteiger partial charge in [0, 0.05) is 5.56 Å². The van der Waals surface area contributed by atoms with Gasteiger partial charge in [-0.1, -0.05) is 18.2 Å². The highest BCUT2D eigenvalue weighted by atomic mass is 32.2. The number of hydrogen-bond acceptors (Lipinski definition) is 4. The van der Waals surface area contributed by atoms with Gasteiger partial charge in [-0.05, 0) is 73.9 Å². The zero-order valence-electron chi connectivity index (χ0n) is 19.8. The number of halogens is 8. The minimum atomic E-state index is -6.34. The molecule has 0 aromatic heterocycles. The van der Waals surface area contributed by atoms with E-state index < -0.39 is 61.8 Å². The quantitative estimate of drug-likeness (QED) is 0.240. The fraction of sp³-hybridized carbons (Fsp3) is 0.480. The molecule has 38 heavy (non-hydrogen) atoms. The average Bonchev–Trinajstić information content (AvgIpc) is 3.24. The maximum Gasteiger partial charge on any atom is 0.435 e. The number of rotatable bonds is 5. The minimum Gasteiger partial charge on any atom is -0.466 e. The highest BCUT2D eigenvalue weighted by Gasteiger charge is 2.74. The summed E-state index contributed by atoms with van der Waals surface area (Å²) in [4.78, 5) is 12.4. The Balaban J connectivity index is 1.95. The van der Waals surface area contributed by atoms with Crippen LogP contribution in [0.2, 0.25) is 0 Å². The summed E-state index contributed by atoms with van der Waals surface area (Å²) in [7, 11) is -4.49. The van der Waals surface area contributed by atoms with E-state index in [9.17, 15) is 48.3 Å². The summed E-state index contributed by atoms with van der Waals surface area (Å²) in [6, 6.07) is 5.26. The van der Waals surface area contributed by atoms with Crippen molar-refractivity contribution < 1.29 is 53.1 Å². The lowest BCUT2D eigenvalue weighted by Gasteiger charge is -2.42. The van der Waals surface area contributed by atoms with Crippen molar-refractivity contribution in [2.45, 2.75) is 60.3 Å². The molecular formula is C25H22F8O4S. The predicted octanol–water partition coefficient (Wildman–Crippen LogP) is 6.32. The van der Waals surface area contributed by atoms with Gasteiger partial charge >= 0.3 is 24.0 Å². The molecule has 4 rings (SSSR count). The first kappa shape index (κ1) is 28.3. The molecule has 0 heterocycles. The van der Waals surface area contributed by atoms with Crippen molar-refractivity contribution >= 4 is 15.8 Å². The van der Waals surface area contributed by atoms with Gasteiger partial charge in [0.05, 0.1) is 17.4 Å². The highest BCUT2D eigenvalue weighted by Crippen LogP contribution is 2.60. The average molecular weight is 570 g/mol. The van der Waals surface area contributed by atoms with E-state index in [1.165, 1.54) is 0 Å². The smallest absolute Gasteiger partial charge is 0.435 e. The lowest BCUT2D eigenvalue weighted by molar-refractivity contribution is -0.348. The molecule has 2 aromatic carbocycles. The van der Waals surface area contributed by atoms with Gasteiger partial charge in [-0.3, -0.25) is 4.79 Å². The first-order valence-corrected chi connectivity index (χ1v) is 13.1. The van der Waals surface area contributed by atoms with Crippen LogP contribution in [0.25, 0.3) is 0 Å². The molecule has 0 aliphatic heterocycles. The normalized spacial score (nSPS) is 24.0. The number of ether oxygens (including phenoxy) is 1. The molecule has 0 spiro atoms. The number of sulfone groups is 1. The van der Waals surface area contributed by atoms with E-state index in [-0.39, 0.29) is 48.3 Å². The Hall–Kier alpha value is -2.70. The van der Waals surface area contributed by atoms with Crippen molar-refractivity contribution in [3.05, 3.63) is 65.0 Å². The van der Waals surface area contributed by atoms with Crippen LogP contribution in [0.1, 0.15) is 42.9 Å². The van der Waals surface area contributed by atoms with E-state index >= 15 is 0 Å². The number of aryl methyl sites for hydroxylation is 1. The second kappa shape index (κ2) is 9.20. The van der Waals surface area contributed by atoms with Gasteiger partial charge in [-0.15, -0.1) is 0 Å². The molecule has 1 fully saturated rings. The predicted molar refractivity (Wildman–Crippen MR) is 118 cm³/mol. The molecule has 0 saturated heterocycles. The Morgan fingerprint density at radius 3 is 2.13 bits per heavy atom. The molecule has 208 valence electrons. The minimum absolute atomic E-state index is 0.00712. The van der Waals surface area contributed by atoms with Gasteiger partial charge < -0.3 is 4.74 Å². The number of alkyl halides is 7. The molecule has 0 N–H and O–H groups in total. The topological polar surface area (TPSA) is 60.4 Å². The van der Waals surface area contributed by atoms with E-state index in [1.807, 2.05) is 0 Å². The maximum atomic E-state index is 14.8. The Morgan fingerprint density at radius 2 is 1.58 bits per heavy atom. The lowest BCUT2D eigenvalue weighted by Crippen LogP contribution is -2.51. The fourth-order valence-corrected chi connectivity index (χ4v) is 8.38. The first-order chi connectivity index (χ1) is 17.5. The molecule has 4 nitrogen and oxygen atoms in total. The fourth-order valence-electron chi connectivity index (χ4n) is 5.91. The van der Waals surface area contributed by atoms with E-state index in [2.05, 4.69) is 0 Å². The molecule has 0 radical (unpaired) electrons. The van der Waals surface area contributed by atoms with Crippen LogP contribution < -0.4 is 0 Å². The Kier molecular flexibility index (Phi) is 6.85. The van der Waals surface area contributed by atoms with Crippen molar-refractivity contribution in [2.24, 2.45) is 11.8 Å². The van der Waals surface area contributed by atoms with Crippen molar-refractivity contribution in [3.8, 4) is 0 Å². The van der Waals surface area contributed by atoms with E-state index in [1.54, 1.807) is 6.92 Å². The van der Waals surface area contributed by atoms with Gasteiger partial charge in [0.15, 0.2) is 9.84 Å². The molecule has 2 aromatic rings. The Bertz CT molecular complexity index is 1320. The van der Waals surface area contributed by atoms with Crippen molar-refractivity contribution in [1.29, 1.82) is 0 Å². The van der Waals surface area contributed by atoms with E-state index in [0.717, 1.165) is 30.3 Å². The largest absolute Gasteiger partial charge is 0.466 e. The van der Waals surface area contributed by atoms with Gasteiger partial charge in [-0.2, -0.15) is 26.3 Å². The summed E-state index contributed by atoms with van der Waals surface area (Å²) < 4.78 is 140. The number of esters is 1. The Labute approximate surface area is 212 Å². The third kappa shape index (κ3) is 3.99. The van der Waals surface area contributed by atoms with Crippen LogP contribution in [0.5, 0.6) is 0 Å². The summed E-state index contributed by atoms with van der Waals surface area (Å²) in [5.41, 5.74) is -7.72. The van der Waals surface area contributed by atoms with Crippen LogP contribution in [-0.4, -0.2) is 33.3 Å². The van der Waals surface area contributed by atoms with E-state index in [0.29, 0.717) is 12.1 Å². The summed E-state index contributed by atoms with van der Waals surface area (Å²) in [5, 5.41) is 0. The molecule has 3 atom stereocenters. The molecule has 2 aliphatic rings. The molecule has 13 heteroatoms. The third-order valence-corrected chi connectivity index (χ3v) is 10.1. The summed E-state index contributed by atoms with van der Waals surface area (Å²) >= 11 is 0. The van der Waals surface area contributed by atoms with Gasteiger partial charge in [0.25, 0.3) is 0 Å². The molecule has 1 saturated carbocycles. The zero-order chi connectivity index (χ0) is 28.3. The van der Waals surface area contributed by atoms with Crippen LogP contribution in [0.3, 0.4) is 0 Å². The second-order valence-electron chi connectivity index (χ2n) is 9.42. The molecule has 0 amide bonds. The summed E-state index contributed by atoms with van der Waals surface area (Å²) in [6.07, 6.45) is -13.2. The summed E-state index contributed by atoms with van der Waals surface area (Å²) in [6.45, 7) is 1.56. The van der Waals surface area contributed by atoms with Gasteiger partial charge in [0.1, 0.15) is 10.6 Å². The SMILES string of the molecule is CCOC(=O)[C@@H]1CC[C@]2(S(=O)(=O)c3ccc(F)cc3)c3ccc(C(F)(C(F)(F)F)C(F)(F)F)cc3CC[C@H]12. The number of carbonyl (C=O) groups is 1. The zero-order valence-corrected chi connectivity index (χ0v) is 20.6. The molecule has 0 bridgehead atoms. The second-order valence-corrected chi connectivity index (χ2v) is 11.6. The summed E-state index contributed by atoms with van der Waals surface area (Å²) in [5.74, 6) is -3.26. The highest BCUT2D eigenvalue weighted by molar-refractivity contribution is 7.92. The lowest BCUT2D eigenvalue weighted by atomic mass is 9.72. The van der Waals surface area contributed by atoms with Crippen LogP contribution >= 0.6 is 0 Å². The number of fused-ring (bicyclic) bond motifs is 3. The number of hydrogen-bond donors (Lipinski definition) is 0. The maximum absolute atomic E-state index is 14.8. The monoisotopic (exact) mass is 570 g/mol. The first-order valence-electron chi connectivity index (χ1n) is 11.7. The van der Waals surface area contributed by atoms with E-state index in [4.69, 9.17) is 4.74 Å². The molecule has 2 aliphatic carbocycles. The van der Waals surface area contributed by atoms with Crippen LogP contribution in [-0.2, 0) is 36.2 Å². The standard InChI is InChI=1S/C25H22F8O4S/c1-2-37-21(34)18-11-12-22(38(35,36)17-7-5-16(26)6-8-17)19-10-4-15(13-14(19)3-9-20(18)22)23(27,24(28,29)30)25(31,32)33/h4-8,10,13,18,20H,2-3,9,11-12H2,1H3/t18-,20-,22+/m1/s1. The number of benzene rings is 2. The van der Waals surface area contributed by atoms with Crippen molar-refractivity contribution in [3.63, 3.8) is 0 Å². The molecular weight excluding hydrogens is 548 g/mol. The third-order valence-electron chi connectivity index (χ3n) is 7.57. The van der Waals surface area contributed by atoms with Crippen molar-refractivity contribution in [1.82, 2.24) is 0 Å². The van der Waals surface area contributed by atoms with Crippen LogP contribution in [0.15, 0.2) is 47.4 Å². The molecule has 0 unspecified atom stereocenters. The van der Waals surface area contributed by atoms with Crippen LogP contribution in [0.4, 0.5) is 35.1 Å². The Morgan fingerprint density at radius 1 is 0.974 bits per heavy atom. The van der Waals surface area contributed by atoms with Crippen LogP contribution in [0, 0.1) is 17.7 Å².